The number of carbonyl (C=O) groups excluding carboxylic acids is 1. The predicted octanol–water partition coefficient (Wildman–Crippen LogP) is 1.50. The third kappa shape index (κ3) is 3.06. The largest absolute Gasteiger partial charge is 0.411 e. The number of carbonyl (C=O) groups is 1. The van der Waals surface area contributed by atoms with Crippen LogP contribution in [0.1, 0.15) is 12.0 Å². The highest BCUT2D eigenvalue weighted by molar-refractivity contribution is 5.95. The van der Waals surface area contributed by atoms with Gasteiger partial charge in [0.2, 0.25) is 5.91 Å². The highest BCUT2D eigenvalue weighted by atomic mass is 16.4. The molecule has 4 nitrogen and oxygen atoms in total. The van der Waals surface area contributed by atoms with E-state index in [1.54, 1.807) is 11.3 Å². The Morgan fingerprint density at radius 1 is 1.41 bits per heavy atom. The van der Waals surface area contributed by atoms with Crippen LogP contribution in [-0.2, 0) is 11.2 Å². The standard InChI is InChI=1S/C13H15N2O2/c16-13(15-9-8-12(10-15)14-17)7-6-11-4-2-1-3-5-11/h1-5,7,17H,6,8-10H2. The molecule has 1 aliphatic rings. The van der Waals surface area contributed by atoms with E-state index in [2.05, 4.69) is 5.16 Å². The van der Waals surface area contributed by atoms with E-state index in [1.165, 1.54) is 0 Å². The van der Waals surface area contributed by atoms with Crippen LogP contribution in [-0.4, -0.2) is 34.8 Å². The van der Waals surface area contributed by atoms with Crippen molar-refractivity contribution in [2.24, 2.45) is 5.16 Å². The Kier molecular flexibility index (Phi) is 3.75. The predicted molar refractivity (Wildman–Crippen MR) is 64.9 cm³/mol. The van der Waals surface area contributed by atoms with E-state index in [1.807, 2.05) is 30.3 Å². The lowest BCUT2D eigenvalue weighted by Crippen LogP contribution is -2.29. The monoisotopic (exact) mass is 231 g/mol. The van der Waals surface area contributed by atoms with Crippen molar-refractivity contribution >= 4 is 11.6 Å². The molecule has 0 saturated carbocycles. The number of amides is 1. The molecule has 1 saturated heterocycles. The van der Waals surface area contributed by atoms with E-state index >= 15 is 0 Å². The second kappa shape index (κ2) is 5.48. The molecule has 1 aromatic rings. The molecule has 0 atom stereocenters. The molecule has 1 radical (unpaired) electrons. The molecule has 1 N–H and O–H groups in total. The van der Waals surface area contributed by atoms with Crippen molar-refractivity contribution in [3.8, 4) is 0 Å². The third-order valence-electron chi connectivity index (χ3n) is 2.85. The fraction of sp³-hybridized carbons (Fsp3) is 0.308. The summed E-state index contributed by atoms with van der Waals surface area (Å²) in [6.45, 7) is 1.09. The van der Waals surface area contributed by atoms with E-state index < -0.39 is 0 Å². The van der Waals surface area contributed by atoms with Crippen LogP contribution in [0.2, 0.25) is 0 Å². The minimum atomic E-state index is 0.00695. The zero-order valence-electron chi connectivity index (χ0n) is 9.54. The molecule has 0 aliphatic carbocycles. The van der Waals surface area contributed by atoms with E-state index in [4.69, 9.17) is 5.21 Å². The summed E-state index contributed by atoms with van der Waals surface area (Å²) in [6, 6.07) is 9.86. The fourth-order valence-corrected chi connectivity index (χ4v) is 1.86. The third-order valence-corrected chi connectivity index (χ3v) is 2.85. The maximum absolute atomic E-state index is 11.8. The Morgan fingerprint density at radius 3 is 2.82 bits per heavy atom. The molecule has 17 heavy (non-hydrogen) atoms. The number of oxime groups is 1. The van der Waals surface area contributed by atoms with Crippen molar-refractivity contribution in [3.63, 3.8) is 0 Å². The Labute approximate surface area is 101 Å². The number of nitrogens with zero attached hydrogens (tertiary/aromatic N) is 2. The van der Waals surface area contributed by atoms with Gasteiger partial charge >= 0.3 is 0 Å². The first kappa shape index (κ1) is 11.6. The van der Waals surface area contributed by atoms with Crippen molar-refractivity contribution in [2.75, 3.05) is 13.1 Å². The average molecular weight is 231 g/mol. The van der Waals surface area contributed by atoms with Crippen molar-refractivity contribution in [2.45, 2.75) is 12.8 Å². The van der Waals surface area contributed by atoms with Gasteiger partial charge in [0, 0.05) is 13.0 Å². The fourth-order valence-electron chi connectivity index (χ4n) is 1.86. The van der Waals surface area contributed by atoms with Crippen molar-refractivity contribution in [1.82, 2.24) is 4.90 Å². The summed E-state index contributed by atoms with van der Waals surface area (Å²) < 4.78 is 0. The maximum Gasteiger partial charge on any atom is 0.227 e. The molecule has 0 unspecified atom stereocenters. The average Bonchev–Trinajstić information content (AvgIpc) is 2.86. The normalized spacial score (nSPS) is 17.6. The summed E-state index contributed by atoms with van der Waals surface area (Å²) in [5.74, 6) is 0.00695. The van der Waals surface area contributed by atoms with Gasteiger partial charge in [-0.2, -0.15) is 0 Å². The number of hydrogen-bond donors (Lipinski definition) is 1. The summed E-state index contributed by atoms with van der Waals surface area (Å²) in [6.07, 6.45) is 2.98. The lowest BCUT2D eigenvalue weighted by Gasteiger charge is -2.13. The Morgan fingerprint density at radius 2 is 2.18 bits per heavy atom. The molecule has 1 aromatic carbocycles. The van der Waals surface area contributed by atoms with Gasteiger partial charge in [0.15, 0.2) is 0 Å². The Bertz CT molecular complexity index is 415. The molecule has 4 heteroatoms. The SMILES string of the molecule is O=C([CH]Cc1ccccc1)N1CCC(=NO)C1. The number of hydrogen-bond acceptors (Lipinski definition) is 3. The first-order valence-electron chi connectivity index (χ1n) is 5.65. The summed E-state index contributed by atoms with van der Waals surface area (Å²) in [5, 5.41) is 11.8. The second-order valence-electron chi connectivity index (χ2n) is 4.07. The van der Waals surface area contributed by atoms with E-state index in [9.17, 15) is 4.79 Å². The minimum Gasteiger partial charge on any atom is -0.411 e. The minimum absolute atomic E-state index is 0.00695. The van der Waals surface area contributed by atoms with E-state index in [0.29, 0.717) is 31.6 Å². The topological polar surface area (TPSA) is 52.9 Å². The summed E-state index contributed by atoms with van der Waals surface area (Å²) >= 11 is 0. The summed E-state index contributed by atoms with van der Waals surface area (Å²) in [5.41, 5.74) is 1.79. The van der Waals surface area contributed by atoms with Gasteiger partial charge in [-0.25, -0.2) is 0 Å². The summed E-state index contributed by atoms with van der Waals surface area (Å²) in [4.78, 5) is 13.5. The number of rotatable bonds is 3. The van der Waals surface area contributed by atoms with Gasteiger partial charge in [-0.15, -0.1) is 0 Å². The van der Waals surface area contributed by atoms with E-state index in [-0.39, 0.29) is 5.91 Å². The Balaban J connectivity index is 1.82. The van der Waals surface area contributed by atoms with Crippen molar-refractivity contribution in [1.29, 1.82) is 0 Å². The van der Waals surface area contributed by atoms with Crippen molar-refractivity contribution in [3.05, 3.63) is 42.3 Å². The highest BCUT2D eigenvalue weighted by Crippen LogP contribution is 2.09. The van der Waals surface area contributed by atoms with Crippen molar-refractivity contribution < 1.29 is 10.0 Å². The molecule has 0 aromatic heterocycles. The van der Waals surface area contributed by atoms with Gasteiger partial charge in [0.1, 0.15) is 0 Å². The molecule has 0 bridgehead atoms. The van der Waals surface area contributed by atoms with Gasteiger partial charge in [-0.05, 0) is 12.0 Å². The molecular formula is C13H15N2O2. The number of benzene rings is 1. The Hall–Kier alpha value is -1.84. The van der Waals surface area contributed by atoms with Crippen LogP contribution in [0.3, 0.4) is 0 Å². The van der Waals surface area contributed by atoms with Crippen LogP contribution in [0.5, 0.6) is 0 Å². The molecule has 1 aliphatic heterocycles. The molecule has 1 amide bonds. The van der Waals surface area contributed by atoms with Crippen LogP contribution >= 0.6 is 0 Å². The smallest absolute Gasteiger partial charge is 0.227 e. The first-order valence-corrected chi connectivity index (χ1v) is 5.65. The summed E-state index contributed by atoms with van der Waals surface area (Å²) in [7, 11) is 0. The lowest BCUT2D eigenvalue weighted by molar-refractivity contribution is -0.126. The maximum atomic E-state index is 11.8. The van der Waals surface area contributed by atoms with Gasteiger partial charge < -0.3 is 10.1 Å². The number of likely N-dealkylation sites (tertiary alicyclic amines) is 1. The van der Waals surface area contributed by atoms with Crippen LogP contribution in [0, 0.1) is 6.42 Å². The molecule has 0 spiro atoms. The zero-order valence-corrected chi connectivity index (χ0v) is 9.54. The molecule has 89 valence electrons. The molecule has 1 fully saturated rings. The van der Waals surface area contributed by atoms with Crippen LogP contribution in [0.4, 0.5) is 0 Å². The second-order valence-corrected chi connectivity index (χ2v) is 4.07. The highest BCUT2D eigenvalue weighted by Gasteiger charge is 2.22. The van der Waals surface area contributed by atoms with Crippen LogP contribution in [0.15, 0.2) is 35.5 Å². The van der Waals surface area contributed by atoms with Gasteiger partial charge in [-0.3, -0.25) is 4.79 Å². The quantitative estimate of drug-likeness (QED) is 0.633. The van der Waals surface area contributed by atoms with Crippen LogP contribution < -0.4 is 0 Å². The molecule has 2 rings (SSSR count). The van der Waals surface area contributed by atoms with Gasteiger partial charge in [0.25, 0.3) is 0 Å². The van der Waals surface area contributed by atoms with Crippen LogP contribution in [0.25, 0.3) is 0 Å². The zero-order chi connectivity index (χ0) is 12.1. The van der Waals surface area contributed by atoms with E-state index in [0.717, 1.165) is 5.56 Å². The lowest BCUT2D eigenvalue weighted by atomic mass is 10.1. The van der Waals surface area contributed by atoms with Gasteiger partial charge in [-0.1, -0.05) is 35.5 Å². The molecule has 1 heterocycles. The molecular weight excluding hydrogens is 216 g/mol. The first-order chi connectivity index (χ1) is 8.29. The van der Waals surface area contributed by atoms with Gasteiger partial charge in [0.05, 0.1) is 18.7 Å².